The van der Waals surface area contributed by atoms with E-state index in [4.69, 9.17) is 0 Å². The molecule has 2 heterocycles. The molecule has 0 radical (unpaired) electrons. The maximum Gasteiger partial charge on any atom is 0.240 e. The van der Waals surface area contributed by atoms with E-state index in [1.807, 2.05) is 5.38 Å². The minimum absolute atomic E-state index is 0.00726. The highest BCUT2D eigenvalue weighted by Crippen LogP contribution is 2.24. The summed E-state index contributed by atoms with van der Waals surface area (Å²) in [5, 5.41) is 6.83. The molecule has 1 amide bonds. The van der Waals surface area contributed by atoms with Gasteiger partial charge in [-0.1, -0.05) is 6.92 Å². The Kier molecular flexibility index (Phi) is 7.42. The number of amides is 1. The van der Waals surface area contributed by atoms with Crippen LogP contribution in [-0.2, 0) is 14.8 Å². The molecule has 1 aliphatic rings. The van der Waals surface area contributed by atoms with Gasteiger partial charge in [0.25, 0.3) is 0 Å². The monoisotopic (exact) mass is 436 g/mol. The summed E-state index contributed by atoms with van der Waals surface area (Å²) in [6.07, 6.45) is 0.373. The predicted molar refractivity (Wildman–Crippen MR) is 117 cm³/mol. The van der Waals surface area contributed by atoms with Gasteiger partial charge in [0.1, 0.15) is 0 Å². The Balaban J connectivity index is 1.68. The molecule has 2 N–H and O–H groups in total. The van der Waals surface area contributed by atoms with Crippen LogP contribution in [0.4, 0.5) is 5.69 Å². The summed E-state index contributed by atoms with van der Waals surface area (Å²) in [7, 11) is -1.54. The molecular weight excluding hydrogens is 408 g/mol. The molecule has 29 heavy (non-hydrogen) atoms. The van der Waals surface area contributed by atoms with Crippen molar-refractivity contribution in [2.24, 2.45) is 0 Å². The summed E-state index contributed by atoms with van der Waals surface area (Å²) in [6, 6.07) is 8.32. The zero-order chi connectivity index (χ0) is 20.9. The topological polar surface area (TPSA) is 81.7 Å². The molecule has 3 rings (SSSR count). The van der Waals surface area contributed by atoms with Crippen molar-refractivity contribution < 1.29 is 13.2 Å². The van der Waals surface area contributed by atoms with Gasteiger partial charge in [-0.2, -0.15) is 11.3 Å². The minimum Gasteiger partial charge on any atom is -0.326 e. The van der Waals surface area contributed by atoms with Gasteiger partial charge in [0.15, 0.2) is 0 Å². The van der Waals surface area contributed by atoms with Crippen LogP contribution in [-0.4, -0.2) is 63.9 Å². The number of hydrogen-bond donors (Lipinski definition) is 2. The standard InChI is InChI=1S/C20H28N4O3S2/c1-3-20(25)22-17-4-6-18(7-5-17)29(26,27)21-14-19(16-8-13-28-15-16)24-11-9-23(2)10-12-24/h4-8,13,15,19,21H,3,9-12,14H2,1-2H3,(H,22,25). The van der Waals surface area contributed by atoms with Gasteiger partial charge in [0.2, 0.25) is 15.9 Å². The van der Waals surface area contributed by atoms with Crippen LogP contribution in [0.15, 0.2) is 46.0 Å². The fraction of sp³-hybridized carbons (Fsp3) is 0.450. The molecule has 1 aromatic carbocycles. The number of piperazine rings is 1. The van der Waals surface area contributed by atoms with E-state index in [0.29, 0.717) is 18.7 Å². The molecule has 0 aliphatic carbocycles. The van der Waals surface area contributed by atoms with E-state index < -0.39 is 10.0 Å². The molecule has 1 atom stereocenters. The lowest BCUT2D eigenvalue weighted by Crippen LogP contribution is -2.48. The molecule has 0 spiro atoms. The van der Waals surface area contributed by atoms with Crippen LogP contribution in [0.1, 0.15) is 24.9 Å². The number of anilines is 1. The summed E-state index contributed by atoms with van der Waals surface area (Å²) in [5.74, 6) is -0.107. The number of carbonyl (C=O) groups excluding carboxylic acids is 1. The number of hydrogen-bond acceptors (Lipinski definition) is 6. The second-order valence-electron chi connectivity index (χ2n) is 7.19. The molecule has 1 aliphatic heterocycles. The van der Waals surface area contributed by atoms with Crippen LogP contribution in [0.25, 0.3) is 0 Å². The van der Waals surface area contributed by atoms with Crippen LogP contribution < -0.4 is 10.0 Å². The number of thiophene rings is 1. The van der Waals surface area contributed by atoms with Crippen molar-refractivity contribution in [1.29, 1.82) is 0 Å². The zero-order valence-corrected chi connectivity index (χ0v) is 18.4. The number of benzene rings is 1. The molecule has 1 aromatic heterocycles. The van der Waals surface area contributed by atoms with Crippen molar-refractivity contribution in [3.63, 3.8) is 0 Å². The van der Waals surface area contributed by atoms with E-state index in [-0.39, 0.29) is 16.8 Å². The predicted octanol–water partition coefficient (Wildman–Crippen LogP) is 2.36. The van der Waals surface area contributed by atoms with Crippen molar-refractivity contribution in [2.45, 2.75) is 24.3 Å². The van der Waals surface area contributed by atoms with Crippen LogP contribution in [0, 0.1) is 0 Å². The van der Waals surface area contributed by atoms with Gasteiger partial charge >= 0.3 is 0 Å². The van der Waals surface area contributed by atoms with E-state index in [0.717, 1.165) is 31.7 Å². The lowest BCUT2D eigenvalue weighted by Gasteiger charge is -2.37. The zero-order valence-electron chi connectivity index (χ0n) is 16.8. The number of rotatable bonds is 8. The molecule has 0 saturated carbocycles. The maximum absolute atomic E-state index is 12.8. The Bertz CT molecular complexity index is 890. The molecule has 9 heteroatoms. The molecule has 0 bridgehead atoms. The van der Waals surface area contributed by atoms with E-state index in [2.05, 4.69) is 38.3 Å². The maximum atomic E-state index is 12.8. The van der Waals surface area contributed by atoms with Crippen molar-refractivity contribution in [1.82, 2.24) is 14.5 Å². The summed E-state index contributed by atoms with van der Waals surface area (Å²) >= 11 is 1.62. The first-order valence-electron chi connectivity index (χ1n) is 9.73. The molecular formula is C20H28N4O3S2. The Hall–Kier alpha value is -1.78. The molecule has 158 valence electrons. The van der Waals surface area contributed by atoms with Crippen LogP contribution in [0.2, 0.25) is 0 Å². The first-order chi connectivity index (χ1) is 13.9. The van der Waals surface area contributed by atoms with Gasteiger partial charge in [-0.15, -0.1) is 0 Å². The van der Waals surface area contributed by atoms with E-state index in [9.17, 15) is 13.2 Å². The number of sulfonamides is 1. The van der Waals surface area contributed by atoms with Gasteiger partial charge < -0.3 is 10.2 Å². The molecule has 7 nitrogen and oxygen atoms in total. The fourth-order valence-electron chi connectivity index (χ4n) is 3.29. The number of nitrogens with one attached hydrogen (secondary N) is 2. The highest BCUT2D eigenvalue weighted by Gasteiger charge is 2.26. The fourth-order valence-corrected chi connectivity index (χ4v) is 5.04. The van der Waals surface area contributed by atoms with Crippen molar-refractivity contribution in [3.05, 3.63) is 46.7 Å². The Morgan fingerprint density at radius 1 is 1.14 bits per heavy atom. The normalized spacial score (nSPS) is 17.2. The molecule has 1 saturated heterocycles. The number of likely N-dealkylation sites (N-methyl/N-ethyl adjacent to an activating group) is 1. The smallest absolute Gasteiger partial charge is 0.240 e. The number of nitrogens with zero attached hydrogens (tertiary/aromatic N) is 2. The third kappa shape index (κ3) is 5.86. The van der Waals surface area contributed by atoms with Crippen molar-refractivity contribution in [2.75, 3.05) is 45.1 Å². The van der Waals surface area contributed by atoms with Crippen LogP contribution in [0.5, 0.6) is 0 Å². The van der Waals surface area contributed by atoms with E-state index >= 15 is 0 Å². The summed E-state index contributed by atoms with van der Waals surface area (Å²) in [5.41, 5.74) is 1.73. The average Bonchev–Trinajstić information content (AvgIpc) is 3.24. The Morgan fingerprint density at radius 2 is 1.83 bits per heavy atom. The first-order valence-corrected chi connectivity index (χ1v) is 12.2. The van der Waals surface area contributed by atoms with Crippen LogP contribution >= 0.6 is 11.3 Å². The Morgan fingerprint density at radius 3 is 2.41 bits per heavy atom. The first kappa shape index (κ1) is 21.9. The average molecular weight is 437 g/mol. The van der Waals surface area contributed by atoms with Crippen LogP contribution in [0.3, 0.4) is 0 Å². The summed E-state index contributed by atoms with van der Waals surface area (Å²) in [6.45, 7) is 5.84. The number of carbonyl (C=O) groups is 1. The van der Waals surface area contributed by atoms with E-state index in [1.165, 1.54) is 12.1 Å². The Labute approximate surface area is 176 Å². The summed E-state index contributed by atoms with van der Waals surface area (Å²) in [4.78, 5) is 16.3. The highest BCUT2D eigenvalue weighted by molar-refractivity contribution is 7.89. The second kappa shape index (κ2) is 9.82. The lowest BCUT2D eigenvalue weighted by molar-refractivity contribution is -0.115. The van der Waals surface area contributed by atoms with E-state index in [1.54, 1.807) is 30.4 Å². The van der Waals surface area contributed by atoms with Gasteiger partial charge in [0, 0.05) is 50.9 Å². The summed E-state index contributed by atoms with van der Waals surface area (Å²) < 4.78 is 28.4. The molecule has 1 fully saturated rings. The minimum atomic E-state index is -3.64. The molecule has 1 unspecified atom stereocenters. The third-order valence-electron chi connectivity index (χ3n) is 5.14. The third-order valence-corrected chi connectivity index (χ3v) is 7.28. The lowest BCUT2D eigenvalue weighted by atomic mass is 10.1. The van der Waals surface area contributed by atoms with Gasteiger partial charge in [-0.25, -0.2) is 13.1 Å². The SMILES string of the molecule is CCC(=O)Nc1ccc(S(=O)(=O)NCC(c2ccsc2)N2CCN(C)CC2)cc1. The quantitative estimate of drug-likeness (QED) is 0.664. The molecule has 2 aromatic rings. The van der Waals surface area contributed by atoms with Gasteiger partial charge in [0.05, 0.1) is 4.90 Å². The van der Waals surface area contributed by atoms with Crippen molar-refractivity contribution in [3.8, 4) is 0 Å². The van der Waals surface area contributed by atoms with Gasteiger partial charge in [-0.3, -0.25) is 9.69 Å². The van der Waals surface area contributed by atoms with Crippen molar-refractivity contribution >= 4 is 33.0 Å². The highest BCUT2D eigenvalue weighted by atomic mass is 32.2. The van der Waals surface area contributed by atoms with Gasteiger partial charge in [-0.05, 0) is 53.7 Å². The second-order valence-corrected chi connectivity index (χ2v) is 9.74. The largest absolute Gasteiger partial charge is 0.326 e.